The van der Waals surface area contributed by atoms with Crippen molar-refractivity contribution in [2.24, 2.45) is 0 Å². The normalized spacial score (nSPS) is 27.6. The monoisotopic (exact) mass is 209 g/mol. The fraction of sp³-hybridized carbons (Fsp3) is 0.667. The fourth-order valence-corrected chi connectivity index (χ4v) is 4.24. The first-order valence-electron chi connectivity index (χ1n) is 3.87. The van der Waals surface area contributed by atoms with Gasteiger partial charge >= 0.3 is 74.4 Å². The quantitative estimate of drug-likeness (QED) is 0.333. The third-order valence-corrected chi connectivity index (χ3v) is 4.47. The molecule has 13 heavy (non-hydrogen) atoms. The number of nitrogens with one attached hydrogen (secondary N) is 1. The van der Waals surface area contributed by atoms with Gasteiger partial charge in [-0.2, -0.15) is 0 Å². The van der Waals surface area contributed by atoms with Crippen LogP contribution in [0.3, 0.4) is 0 Å². The van der Waals surface area contributed by atoms with E-state index in [1.54, 1.807) is 14.1 Å². The Balaban J connectivity index is 2.87. The van der Waals surface area contributed by atoms with Crippen LogP contribution < -0.4 is 4.90 Å². The maximum absolute atomic E-state index is 14.0. The average molecular weight is 209 g/mol. The predicted molar refractivity (Wildman–Crippen MR) is 42.6 cm³/mol. The fourth-order valence-electron chi connectivity index (χ4n) is 1.41. The molecular formula is C6H12FNO4Si. The van der Waals surface area contributed by atoms with Gasteiger partial charge in [-0.05, 0) is 0 Å². The number of hydrogen-bond donors (Lipinski definition) is 1. The van der Waals surface area contributed by atoms with Crippen LogP contribution in [0.5, 0.6) is 0 Å². The Morgan fingerprint density at radius 1 is 1.31 bits per heavy atom. The number of halogens is 1. The topological polar surface area (TPSA) is 57.0 Å². The molecule has 0 aromatic rings. The Morgan fingerprint density at radius 2 is 1.69 bits per heavy atom. The summed E-state index contributed by atoms with van der Waals surface area (Å²) >= 11 is 0. The van der Waals surface area contributed by atoms with Crippen LogP contribution in [0.2, 0.25) is 6.55 Å². The second-order valence-electron chi connectivity index (χ2n) is 3.77. The molecule has 7 heteroatoms. The van der Waals surface area contributed by atoms with E-state index in [0.29, 0.717) is 0 Å². The van der Waals surface area contributed by atoms with Gasteiger partial charge in [0.15, 0.2) is 0 Å². The molecule has 1 aliphatic heterocycles. The van der Waals surface area contributed by atoms with Gasteiger partial charge in [-0.1, -0.05) is 0 Å². The van der Waals surface area contributed by atoms with Gasteiger partial charge in [0.2, 0.25) is 0 Å². The summed E-state index contributed by atoms with van der Waals surface area (Å²) in [5.74, 6) is -2.45. The number of rotatable bonds is 2. The van der Waals surface area contributed by atoms with E-state index in [-0.39, 0.29) is 6.17 Å². The van der Waals surface area contributed by atoms with Gasteiger partial charge in [0.05, 0.1) is 0 Å². The van der Waals surface area contributed by atoms with Gasteiger partial charge in [-0.3, -0.25) is 0 Å². The molecule has 0 aliphatic carbocycles. The van der Waals surface area contributed by atoms with Crippen molar-refractivity contribution >= 4 is 20.1 Å². The maximum atomic E-state index is 14.0. The Kier molecular flexibility index (Phi) is 1.96. The second kappa shape index (κ2) is 2.52. The summed E-state index contributed by atoms with van der Waals surface area (Å²) in [6.07, 6.45) is -0.0997. The van der Waals surface area contributed by atoms with E-state index in [4.69, 9.17) is 0 Å². The zero-order valence-corrected chi connectivity index (χ0v) is 8.72. The van der Waals surface area contributed by atoms with Crippen LogP contribution in [0, 0.1) is 0 Å². The summed E-state index contributed by atoms with van der Waals surface area (Å²) in [7, 11) is -1.36. The van der Waals surface area contributed by atoms with Crippen molar-refractivity contribution in [3.05, 3.63) is 0 Å². The first-order valence-corrected chi connectivity index (χ1v) is 6.77. The molecule has 0 unspecified atom stereocenters. The Morgan fingerprint density at radius 3 is 2.00 bits per heavy atom. The van der Waals surface area contributed by atoms with E-state index < -0.39 is 20.1 Å². The molecule has 1 aliphatic rings. The molecule has 1 N–H and O–H groups in total. The van der Waals surface area contributed by atoms with Crippen molar-refractivity contribution < 1.29 is 27.4 Å². The van der Waals surface area contributed by atoms with E-state index in [2.05, 4.69) is 8.85 Å². The molecule has 0 aromatic carbocycles. The zero-order chi connectivity index (χ0) is 10.3. The Hall–Kier alpha value is -0.953. The molecule has 0 radical (unpaired) electrons. The molecule has 0 amide bonds. The minimum atomic E-state index is -4.73. The zero-order valence-electron chi connectivity index (χ0n) is 7.72. The van der Waals surface area contributed by atoms with Crippen LogP contribution in [0.25, 0.3) is 0 Å². The van der Waals surface area contributed by atoms with Crippen molar-refractivity contribution in [2.75, 3.05) is 20.3 Å². The predicted octanol–water partition coefficient (Wildman–Crippen LogP) is -1.74. The van der Waals surface area contributed by atoms with Crippen molar-refractivity contribution in [3.8, 4) is 0 Å². The minimum absolute atomic E-state index is 0.0997. The molecule has 0 aromatic heterocycles. The van der Waals surface area contributed by atoms with Crippen molar-refractivity contribution in [3.63, 3.8) is 0 Å². The summed E-state index contributed by atoms with van der Waals surface area (Å²) in [4.78, 5) is 22.1. The molecule has 5 nitrogen and oxygen atoms in total. The van der Waals surface area contributed by atoms with Crippen LogP contribution in [0.1, 0.15) is 0 Å². The summed E-state index contributed by atoms with van der Waals surface area (Å²) in [5.41, 5.74) is 0. The molecule has 0 saturated carbocycles. The van der Waals surface area contributed by atoms with Crippen molar-refractivity contribution in [2.45, 2.75) is 6.55 Å². The van der Waals surface area contributed by atoms with Crippen molar-refractivity contribution in [1.29, 1.82) is 0 Å². The Bertz CT molecular complexity index is 258. The van der Waals surface area contributed by atoms with Gasteiger partial charge in [0.1, 0.15) is 0 Å². The SMILES string of the molecule is C[NH+](C)C[Si-]1(C)(F)OC(=O)C(=O)O1. The van der Waals surface area contributed by atoms with E-state index in [1.165, 1.54) is 0 Å². The third-order valence-electron chi connectivity index (χ3n) is 1.60. The molecule has 76 valence electrons. The van der Waals surface area contributed by atoms with Crippen LogP contribution in [-0.4, -0.2) is 40.4 Å². The number of carbonyl (C=O) groups is 2. The molecule has 1 fully saturated rings. The van der Waals surface area contributed by atoms with E-state index in [9.17, 15) is 13.7 Å². The molecule has 0 atom stereocenters. The molecule has 0 bridgehead atoms. The van der Waals surface area contributed by atoms with E-state index in [0.717, 1.165) is 11.4 Å². The van der Waals surface area contributed by atoms with Gasteiger partial charge in [-0.15, -0.1) is 0 Å². The van der Waals surface area contributed by atoms with E-state index >= 15 is 0 Å². The molecule has 1 rings (SSSR count). The summed E-state index contributed by atoms with van der Waals surface area (Å²) in [6.45, 7) is 1.08. The summed E-state index contributed by atoms with van der Waals surface area (Å²) in [6, 6.07) is 0. The second-order valence-corrected chi connectivity index (χ2v) is 7.76. The number of carbonyl (C=O) groups excluding carboxylic acids is 2. The summed E-state index contributed by atoms with van der Waals surface area (Å²) < 4.78 is 22.8. The average Bonchev–Trinajstić information content (AvgIpc) is 1.99. The number of quaternary nitrogens is 1. The van der Waals surface area contributed by atoms with Gasteiger partial charge < -0.3 is 0 Å². The third kappa shape index (κ3) is 2.04. The molecule has 1 saturated heterocycles. The summed E-state index contributed by atoms with van der Waals surface area (Å²) in [5, 5.41) is 0. The first kappa shape index (κ1) is 10.1. The van der Waals surface area contributed by atoms with E-state index in [1.807, 2.05) is 0 Å². The molecular weight excluding hydrogens is 197 g/mol. The van der Waals surface area contributed by atoms with Crippen LogP contribution >= 0.6 is 0 Å². The van der Waals surface area contributed by atoms with Gasteiger partial charge in [0.25, 0.3) is 0 Å². The first-order chi connectivity index (χ1) is 5.71. The van der Waals surface area contributed by atoms with Crippen LogP contribution in [-0.2, 0) is 18.4 Å². The number of hydrogen-bond acceptors (Lipinski definition) is 4. The van der Waals surface area contributed by atoms with Gasteiger partial charge in [0, 0.05) is 0 Å². The van der Waals surface area contributed by atoms with Crippen LogP contribution in [0.4, 0.5) is 4.11 Å². The standard InChI is InChI=1S/C6H11FNO4Si/c1-8(2)4-13(3,7)11-5(9)6(10)12-13/h4H2,1-3H3/q-1/p+1. The van der Waals surface area contributed by atoms with Crippen molar-refractivity contribution in [1.82, 2.24) is 0 Å². The molecule has 1 heterocycles. The van der Waals surface area contributed by atoms with Crippen LogP contribution in [0.15, 0.2) is 0 Å². The molecule has 0 spiro atoms. The van der Waals surface area contributed by atoms with Gasteiger partial charge in [-0.25, -0.2) is 0 Å². The Labute approximate surface area is 75.2 Å².